The molecule has 4 heteroatoms. The first-order chi connectivity index (χ1) is 8.42. The Morgan fingerprint density at radius 2 is 2.17 bits per heavy atom. The topological polar surface area (TPSA) is 51.4 Å². The number of nitrogen functional groups attached to an aromatic ring is 1. The van der Waals surface area contributed by atoms with Gasteiger partial charge in [-0.2, -0.15) is 0 Å². The molecule has 1 aromatic rings. The van der Waals surface area contributed by atoms with Crippen LogP contribution in [0.1, 0.15) is 30.7 Å². The minimum Gasteiger partial charge on any atom is -0.398 e. The van der Waals surface area contributed by atoms with Crippen LogP contribution in [-0.2, 0) is 11.3 Å². The van der Waals surface area contributed by atoms with Crippen LogP contribution in [0.15, 0.2) is 6.20 Å². The standard InChI is InChI=1S/C14H23N3O/c1-10-7-16-12(11(2)13(10)15)8-17-5-6-18-9-14(17,3)4/h7H,5-6,8-9H2,1-4H3,(H2,15,16). The number of hydrogen-bond acceptors (Lipinski definition) is 4. The van der Waals surface area contributed by atoms with Gasteiger partial charge < -0.3 is 10.5 Å². The van der Waals surface area contributed by atoms with Crippen LogP contribution in [0, 0.1) is 13.8 Å². The number of nitrogens with two attached hydrogens (primary N) is 1. The molecule has 0 saturated carbocycles. The smallest absolute Gasteiger partial charge is 0.0645 e. The first-order valence-electron chi connectivity index (χ1n) is 6.45. The highest BCUT2D eigenvalue weighted by Crippen LogP contribution is 2.24. The van der Waals surface area contributed by atoms with Gasteiger partial charge in [-0.15, -0.1) is 0 Å². The van der Waals surface area contributed by atoms with E-state index in [0.717, 1.165) is 48.8 Å². The lowest BCUT2D eigenvalue weighted by molar-refractivity contribution is -0.0558. The molecule has 0 atom stereocenters. The third-order valence-electron chi connectivity index (χ3n) is 3.83. The maximum Gasteiger partial charge on any atom is 0.0645 e. The number of anilines is 1. The van der Waals surface area contributed by atoms with E-state index in [1.165, 1.54) is 0 Å². The van der Waals surface area contributed by atoms with Crippen molar-refractivity contribution < 1.29 is 4.74 Å². The summed E-state index contributed by atoms with van der Waals surface area (Å²) in [7, 11) is 0. The molecule has 0 spiro atoms. The molecule has 1 aromatic heterocycles. The van der Waals surface area contributed by atoms with E-state index < -0.39 is 0 Å². The van der Waals surface area contributed by atoms with Crippen LogP contribution in [0.25, 0.3) is 0 Å². The molecule has 18 heavy (non-hydrogen) atoms. The molecule has 1 aliphatic rings. The fourth-order valence-corrected chi connectivity index (χ4v) is 2.32. The van der Waals surface area contributed by atoms with E-state index in [4.69, 9.17) is 10.5 Å². The van der Waals surface area contributed by atoms with Crippen LogP contribution in [-0.4, -0.2) is 35.2 Å². The summed E-state index contributed by atoms with van der Waals surface area (Å²) in [4.78, 5) is 6.95. The number of nitrogens with zero attached hydrogens (tertiary/aromatic N) is 2. The normalized spacial score (nSPS) is 20.0. The summed E-state index contributed by atoms with van der Waals surface area (Å²) in [6.07, 6.45) is 1.87. The third-order valence-corrected chi connectivity index (χ3v) is 3.83. The Morgan fingerprint density at radius 3 is 2.83 bits per heavy atom. The Hall–Kier alpha value is -1.13. The van der Waals surface area contributed by atoms with Crippen molar-refractivity contribution in [1.82, 2.24) is 9.88 Å². The second-order valence-corrected chi connectivity index (χ2v) is 5.71. The van der Waals surface area contributed by atoms with Gasteiger partial charge in [0.25, 0.3) is 0 Å². The van der Waals surface area contributed by atoms with Crippen LogP contribution >= 0.6 is 0 Å². The van der Waals surface area contributed by atoms with Crippen LogP contribution < -0.4 is 5.73 Å². The van der Waals surface area contributed by atoms with Crippen molar-refractivity contribution in [1.29, 1.82) is 0 Å². The van der Waals surface area contributed by atoms with Gasteiger partial charge in [0.15, 0.2) is 0 Å². The Morgan fingerprint density at radius 1 is 1.44 bits per heavy atom. The van der Waals surface area contributed by atoms with Crippen LogP contribution in [0.3, 0.4) is 0 Å². The SMILES string of the molecule is Cc1cnc(CN2CCOCC2(C)C)c(C)c1N. The van der Waals surface area contributed by atoms with Crippen LogP contribution in [0.2, 0.25) is 0 Å². The van der Waals surface area contributed by atoms with Crippen molar-refractivity contribution in [3.05, 3.63) is 23.0 Å². The van der Waals surface area contributed by atoms with E-state index in [-0.39, 0.29) is 5.54 Å². The van der Waals surface area contributed by atoms with E-state index in [2.05, 4.69) is 30.7 Å². The Balaban J connectivity index is 2.21. The lowest BCUT2D eigenvalue weighted by Crippen LogP contribution is -2.52. The van der Waals surface area contributed by atoms with Crippen LogP contribution in [0.5, 0.6) is 0 Å². The molecule has 0 unspecified atom stereocenters. The molecule has 1 aliphatic heterocycles. The maximum absolute atomic E-state index is 6.07. The Bertz CT molecular complexity index is 443. The van der Waals surface area contributed by atoms with Gasteiger partial charge in [0, 0.05) is 30.5 Å². The van der Waals surface area contributed by atoms with Gasteiger partial charge in [-0.1, -0.05) is 0 Å². The van der Waals surface area contributed by atoms with Crippen LogP contribution in [0.4, 0.5) is 5.69 Å². The molecule has 0 amide bonds. The maximum atomic E-state index is 6.07. The van der Waals surface area contributed by atoms with E-state index in [1.807, 2.05) is 13.1 Å². The summed E-state index contributed by atoms with van der Waals surface area (Å²) in [5, 5.41) is 0. The molecule has 1 fully saturated rings. The van der Waals surface area contributed by atoms with Crippen molar-refractivity contribution in [2.75, 3.05) is 25.5 Å². The number of rotatable bonds is 2. The zero-order chi connectivity index (χ0) is 13.3. The molecular weight excluding hydrogens is 226 g/mol. The van der Waals surface area contributed by atoms with E-state index in [9.17, 15) is 0 Å². The van der Waals surface area contributed by atoms with E-state index >= 15 is 0 Å². The second kappa shape index (κ2) is 4.86. The lowest BCUT2D eigenvalue weighted by atomic mass is 10.0. The van der Waals surface area contributed by atoms with Gasteiger partial charge in [0.1, 0.15) is 0 Å². The van der Waals surface area contributed by atoms with Crippen molar-refractivity contribution in [2.45, 2.75) is 39.8 Å². The van der Waals surface area contributed by atoms with Crippen molar-refractivity contribution in [2.24, 2.45) is 0 Å². The summed E-state index contributed by atoms with van der Waals surface area (Å²) >= 11 is 0. The zero-order valence-electron chi connectivity index (χ0n) is 11.8. The second-order valence-electron chi connectivity index (χ2n) is 5.71. The van der Waals surface area contributed by atoms with E-state index in [1.54, 1.807) is 0 Å². The summed E-state index contributed by atoms with van der Waals surface area (Å²) in [6, 6.07) is 0. The number of pyridine rings is 1. The highest BCUT2D eigenvalue weighted by Gasteiger charge is 2.31. The monoisotopic (exact) mass is 249 g/mol. The molecule has 4 nitrogen and oxygen atoms in total. The van der Waals surface area contributed by atoms with Gasteiger partial charge >= 0.3 is 0 Å². The summed E-state index contributed by atoms with van der Waals surface area (Å²) < 4.78 is 5.54. The van der Waals surface area contributed by atoms with Gasteiger partial charge in [-0.25, -0.2) is 0 Å². The molecular formula is C14H23N3O. The van der Waals surface area contributed by atoms with Crippen molar-refractivity contribution >= 4 is 5.69 Å². The van der Waals surface area contributed by atoms with Crippen molar-refractivity contribution in [3.63, 3.8) is 0 Å². The molecule has 0 aliphatic carbocycles. The molecule has 2 heterocycles. The minimum atomic E-state index is 0.0615. The molecule has 2 N–H and O–H groups in total. The number of hydrogen-bond donors (Lipinski definition) is 1. The molecule has 0 bridgehead atoms. The average Bonchev–Trinajstić information content (AvgIpc) is 2.32. The number of aromatic nitrogens is 1. The first kappa shape index (κ1) is 13.3. The quantitative estimate of drug-likeness (QED) is 0.869. The van der Waals surface area contributed by atoms with Crippen molar-refractivity contribution in [3.8, 4) is 0 Å². The number of aryl methyl sites for hydroxylation is 1. The highest BCUT2D eigenvalue weighted by atomic mass is 16.5. The van der Waals surface area contributed by atoms with Gasteiger partial charge in [-0.3, -0.25) is 9.88 Å². The van der Waals surface area contributed by atoms with E-state index in [0.29, 0.717) is 0 Å². The largest absolute Gasteiger partial charge is 0.398 e. The fourth-order valence-electron chi connectivity index (χ4n) is 2.32. The molecule has 1 saturated heterocycles. The summed E-state index contributed by atoms with van der Waals surface area (Å²) in [6.45, 7) is 11.8. The predicted octanol–water partition coefficient (Wildman–Crippen LogP) is 1.89. The Labute approximate surface area is 109 Å². The molecule has 100 valence electrons. The molecule has 0 radical (unpaired) electrons. The molecule has 0 aromatic carbocycles. The average molecular weight is 249 g/mol. The zero-order valence-corrected chi connectivity index (χ0v) is 11.8. The van der Waals surface area contributed by atoms with Gasteiger partial charge in [-0.05, 0) is 38.8 Å². The minimum absolute atomic E-state index is 0.0615. The predicted molar refractivity (Wildman–Crippen MR) is 73.4 cm³/mol. The lowest BCUT2D eigenvalue weighted by Gasteiger charge is -2.42. The Kier molecular flexibility index (Phi) is 3.59. The number of ether oxygens (including phenoxy) is 1. The fraction of sp³-hybridized carbons (Fsp3) is 0.643. The molecule has 2 rings (SSSR count). The summed E-state index contributed by atoms with van der Waals surface area (Å²) in [5.74, 6) is 0. The first-order valence-corrected chi connectivity index (χ1v) is 6.45. The third kappa shape index (κ3) is 2.49. The van der Waals surface area contributed by atoms with Gasteiger partial charge in [0.2, 0.25) is 0 Å². The highest BCUT2D eigenvalue weighted by molar-refractivity contribution is 5.53. The summed E-state index contributed by atoms with van der Waals surface area (Å²) in [5.41, 5.74) is 10.2. The van der Waals surface area contributed by atoms with Gasteiger partial charge in [0.05, 0.1) is 18.9 Å². The number of morpholine rings is 1.